The zero-order valence-electron chi connectivity index (χ0n) is 34.5. The van der Waals surface area contributed by atoms with Crippen LogP contribution in [0.5, 0.6) is 0 Å². The predicted molar refractivity (Wildman–Crippen MR) is 234 cm³/mol. The van der Waals surface area contributed by atoms with Gasteiger partial charge in [-0.3, -0.25) is 0 Å². The lowest BCUT2D eigenvalue weighted by Crippen LogP contribution is -2.57. The summed E-state index contributed by atoms with van der Waals surface area (Å²) < 4.78 is 7.01. The van der Waals surface area contributed by atoms with Crippen molar-refractivity contribution in [2.75, 3.05) is 10.2 Å². The van der Waals surface area contributed by atoms with Gasteiger partial charge in [-0.15, -0.1) is 0 Å². The van der Waals surface area contributed by atoms with Crippen LogP contribution in [0.15, 0.2) is 89.3 Å². The third kappa shape index (κ3) is 5.15. The van der Waals surface area contributed by atoms with Crippen molar-refractivity contribution in [2.24, 2.45) is 0 Å². The molecule has 0 saturated heterocycles. The Bertz CT molecular complexity index is 2480. The van der Waals surface area contributed by atoms with Crippen LogP contribution in [0.3, 0.4) is 0 Å². The Hall–Kier alpha value is -4.44. The molecule has 9 rings (SSSR count). The Balaban J connectivity index is 1.35. The molecule has 3 nitrogen and oxygen atoms in total. The van der Waals surface area contributed by atoms with Crippen LogP contribution in [0.25, 0.3) is 33.1 Å². The first-order chi connectivity index (χ1) is 25.4. The summed E-state index contributed by atoms with van der Waals surface area (Å²) in [4.78, 5) is 2.83. The van der Waals surface area contributed by atoms with Crippen LogP contribution >= 0.6 is 0 Å². The minimum atomic E-state index is -0.0372. The molecule has 4 heteroatoms. The number of furan rings is 1. The fraction of sp³-hybridized carbons (Fsp3) is 0.400. The molecule has 1 aromatic heterocycles. The Labute approximate surface area is 323 Å². The molecule has 1 saturated carbocycles. The minimum absolute atomic E-state index is 0.00979. The van der Waals surface area contributed by atoms with E-state index in [0.29, 0.717) is 0 Å². The van der Waals surface area contributed by atoms with E-state index < -0.39 is 0 Å². The van der Waals surface area contributed by atoms with Gasteiger partial charge in [0.15, 0.2) is 7.28 Å². The van der Waals surface area contributed by atoms with E-state index in [0.717, 1.165) is 29.8 Å². The number of nitrogens with one attached hydrogen (secondary N) is 1. The molecule has 3 aliphatic rings. The summed E-state index contributed by atoms with van der Waals surface area (Å²) >= 11 is 0. The van der Waals surface area contributed by atoms with E-state index in [-0.39, 0.29) is 27.2 Å². The molecule has 5 aromatic carbocycles. The molecule has 2 aliphatic heterocycles. The van der Waals surface area contributed by atoms with Gasteiger partial charge in [0.1, 0.15) is 11.2 Å². The number of nitrogens with zero attached hydrogens (tertiary/aromatic N) is 1. The maximum Gasteiger partial charge on any atom is 0.198 e. The molecule has 6 aromatic rings. The largest absolute Gasteiger partial charge is 0.455 e. The average Bonchev–Trinajstić information content (AvgIpc) is 3.57. The maximum absolute atomic E-state index is 7.01. The minimum Gasteiger partial charge on any atom is -0.455 e. The number of hydrogen-bond acceptors (Lipinski definition) is 3. The lowest BCUT2D eigenvalue weighted by atomic mass is 9.57. The number of hydrogen-bond donors (Lipinski definition) is 1. The van der Waals surface area contributed by atoms with Crippen LogP contribution < -0.4 is 21.1 Å². The second-order valence-electron chi connectivity index (χ2n) is 20.3. The van der Waals surface area contributed by atoms with E-state index >= 15 is 0 Å². The molecule has 276 valence electrons. The number of fused-ring (bicyclic) bond motifs is 8. The van der Waals surface area contributed by atoms with E-state index in [1.165, 1.54) is 86.6 Å². The molecule has 0 spiro atoms. The van der Waals surface area contributed by atoms with Gasteiger partial charge < -0.3 is 14.6 Å². The first-order valence-electron chi connectivity index (χ1n) is 20.4. The summed E-state index contributed by atoms with van der Waals surface area (Å²) in [6.45, 7) is 26.0. The third-order valence-electron chi connectivity index (χ3n) is 13.7. The smallest absolute Gasteiger partial charge is 0.198 e. The Morgan fingerprint density at radius 3 is 2.06 bits per heavy atom. The summed E-state index contributed by atoms with van der Waals surface area (Å²) in [5.41, 5.74) is 18.0. The normalized spacial score (nSPS) is 20.8. The molecule has 2 unspecified atom stereocenters. The van der Waals surface area contributed by atoms with Crippen LogP contribution in [0, 0.1) is 0 Å². The van der Waals surface area contributed by atoms with E-state index in [1.54, 1.807) is 5.56 Å². The zero-order chi connectivity index (χ0) is 38.2. The molecule has 2 atom stereocenters. The highest BCUT2D eigenvalue weighted by Gasteiger charge is 2.59. The van der Waals surface area contributed by atoms with E-state index in [2.05, 4.69) is 171 Å². The molecule has 54 heavy (non-hydrogen) atoms. The standard InChI is InChI=1S/C50H57BN2O/c1-46(2,3)30-18-21-33(22-19-30)52-39-28-31(47(4,5)6)20-23-35(39)42-43-40(29-36-34-16-12-13-17-41(34)54-45(36)42)53-44-37(49(10)24-14-15-25-50(49,53)11)26-32(48(7,8)9)27-38(44)51-43/h12-13,16-23,26-29,51-52H,14-15,24-25H2,1-11H3. The van der Waals surface area contributed by atoms with Gasteiger partial charge in [0.05, 0.1) is 5.54 Å². The summed E-state index contributed by atoms with van der Waals surface area (Å²) in [6, 6.07) is 32.4. The average molecular weight is 713 g/mol. The summed E-state index contributed by atoms with van der Waals surface area (Å²) in [7, 11) is 0.868. The SMILES string of the molecule is CC(C)(C)c1ccc(Nc2cc(C(C)(C)C)ccc2-c2c3c(cc4c2oc2ccccc24)N2c4c(cc(C(C)(C)C)cc4C4(C)CCCCC24C)B3)cc1. The number of rotatable bonds is 3. The topological polar surface area (TPSA) is 28.4 Å². The van der Waals surface area contributed by atoms with Gasteiger partial charge in [-0.2, -0.15) is 0 Å². The lowest BCUT2D eigenvalue weighted by Gasteiger charge is -2.51. The fourth-order valence-electron chi connectivity index (χ4n) is 10.1. The summed E-state index contributed by atoms with van der Waals surface area (Å²) in [5, 5.41) is 6.33. The van der Waals surface area contributed by atoms with Crippen LogP contribution in [0.1, 0.15) is 124 Å². The maximum atomic E-state index is 7.01. The van der Waals surface area contributed by atoms with Gasteiger partial charge in [-0.25, -0.2) is 0 Å². The molecule has 1 fully saturated rings. The van der Waals surface area contributed by atoms with Gasteiger partial charge in [0, 0.05) is 50.1 Å². The highest BCUT2D eigenvalue weighted by molar-refractivity contribution is 6.74. The molecule has 0 radical (unpaired) electrons. The quantitative estimate of drug-likeness (QED) is 0.185. The second kappa shape index (κ2) is 11.5. The van der Waals surface area contributed by atoms with Crippen molar-refractivity contribution in [1.82, 2.24) is 0 Å². The summed E-state index contributed by atoms with van der Waals surface area (Å²) in [5.74, 6) is 0. The van der Waals surface area contributed by atoms with Crippen molar-refractivity contribution >= 4 is 62.9 Å². The Morgan fingerprint density at radius 1 is 0.685 bits per heavy atom. The van der Waals surface area contributed by atoms with Crippen LogP contribution in [-0.2, 0) is 21.7 Å². The van der Waals surface area contributed by atoms with Gasteiger partial charge in [-0.1, -0.05) is 142 Å². The molecule has 0 bridgehead atoms. The van der Waals surface area contributed by atoms with E-state index in [4.69, 9.17) is 4.42 Å². The van der Waals surface area contributed by atoms with E-state index in [9.17, 15) is 0 Å². The molecular formula is C50H57BN2O. The highest BCUT2D eigenvalue weighted by Crippen LogP contribution is 2.62. The van der Waals surface area contributed by atoms with Crippen molar-refractivity contribution in [3.05, 3.63) is 107 Å². The first-order valence-corrected chi connectivity index (χ1v) is 20.4. The van der Waals surface area contributed by atoms with Crippen molar-refractivity contribution in [3.63, 3.8) is 0 Å². The van der Waals surface area contributed by atoms with Gasteiger partial charge in [0.25, 0.3) is 0 Å². The van der Waals surface area contributed by atoms with Crippen molar-refractivity contribution in [1.29, 1.82) is 0 Å². The first kappa shape index (κ1) is 35.3. The second-order valence-corrected chi connectivity index (χ2v) is 20.3. The number of benzene rings is 5. The molecular weight excluding hydrogens is 655 g/mol. The van der Waals surface area contributed by atoms with Crippen molar-refractivity contribution in [3.8, 4) is 11.1 Å². The van der Waals surface area contributed by atoms with Crippen molar-refractivity contribution < 1.29 is 4.42 Å². The van der Waals surface area contributed by atoms with Gasteiger partial charge >= 0.3 is 0 Å². The van der Waals surface area contributed by atoms with Crippen LogP contribution in [0.4, 0.5) is 22.7 Å². The Kier molecular flexibility index (Phi) is 7.54. The highest BCUT2D eigenvalue weighted by atomic mass is 16.3. The van der Waals surface area contributed by atoms with Crippen molar-refractivity contribution in [2.45, 2.75) is 129 Å². The van der Waals surface area contributed by atoms with Gasteiger partial charge in [0.2, 0.25) is 0 Å². The summed E-state index contributed by atoms with van der Waals surface area (Å²) in [6.07, 6.45) is 4.94. The predicted octanol–water partition coefficient (Wildman–Crippen LogP) is 12.3. The lowest BCUT2D eigenvalue weighted by molar-refractivity contribution is 0.195. The monoisotopic (exact) mass is 712 g/mol. The fourth-order valence-corrected chi connectivity index (χ4v) is 10.1. The van der Waals surface area contributed by atoms with Gasteiger partial charge in [-0.05, 0) is 94.1 Å². The number of anilines is 4. The third-order valence-corrected chi connectivity index (χ3v) is 13.7. The molecule has 3 heterocycles. The van der Waals surface area contributed by atoms with Crippen LogP contribution in [-0.4, -0.2) is 12.8 Å². The van der Waals surface area contributed by atoms with Crippen LogP contribution in [0.2, 0.25) is 0 Å². The molecule has 0 amide bonds. The Morgan fingerprint density at radius 2 is 1.35 bits per heavy atom. The zero-order valence-corrected chi connectivity index (χ0v) is 34.5. The molecule has 1 aliphatic carbocycles. The number of para-hydroxylation sites is 1. The van der Waals surface area contributed by atoms with E-state index in [1.807, 2.05) is 0 Å². The molecule has 1 N–H and O–H groups in total.